The van der Waals surface area contributed by atoms with Crippen LogP contribution in [0.3, 0.4) is 0 Å². The lowest BCUT2D eigenvalue weighted by Gasteiger charge is -2.11. The van der Waals surface area contributed by atoms with Gasteiger partial charge in [-0.3, -0.25) is 0 Å². The summed E-state index contributed by atoms with van der Waals surface area (Å²) in [5, 5.41) is 3.32. The van der Waals surface area contributed by atoms with Gasteiger partial charge in [-0.1, -0.05) is 12.1 Å². The summed E-state index contributed by atoms with van der Waals surface area (Å²) in [5.74, 6) is -0.229. The van der Waals surface area contributed by atoms with Crippen molar-refractivity contribution >= 4 is 44.2 Å². The molecule has 0 aliphatic rings. The summed E-state index contributed by atoms with van der Waals surface area (Å²) in [4.78, 5) is 0. The van der Waals surface area contributed by atoms with Crippen molar-refractivity contribution in [1.29, 1.82) is 0 Å². The van der Waals surface area contributed by atoms with Crippen molar-refractivity contribution in [2.24, 2.45) is 0 Å². The molecule has 94 valence electrons. The molecule has 2 rings (SSSR count). The van der Waals surface area contributed by atoms with Crippen molar-refractivity contribution in [3.63, 3.8) is 0 Å². The van der Waals surface area contributed by atoms with Gasteiger partial charge in [-0.15, -0.1) is 0 Å². The zero-order valence-electron chi connectivity index (χ0n) is 9.81. The molecule has 2 aromatic carbocycles. The molecule has 0 saturated carbocycles. The average molecular weight is 420 g/mol. The molecule has 18 heavy (non-hydrogen) atoms. The van der Waals surface area contributed by atoms with Gasteiger partial charge in [0.1, 0.15) is 5.82 Å². The van der Waals surface area contributed by atoms with E-state index in [0.29, 0.717) is 4.47 Å². The summed E-state index contributed by atoms with van der Waals surface area (Å²) < 4.78 is 15.0. The summed E-state index contributed by atoms with van der Waals surface area (Å²) >= 11 is 5.48. The maximum atomic E-state index is 13.3. The van der Waals surface area contributed by atoms with Crippen LogP contribution in [0.4, 0.5) is 10.1 Å². The van der Waals surface area contributed by atoms with Gasteiger partial charge < -0.3 is 5.32 Å². The van der Waals surface area contributed by atoms with Crippen LogP contribution in [0.5, 0.6) is 0 Å². The van der Waals surface area contributed by atoms with Crippen LogP contribution >= 0.6 is 38.5 Å². The number of hydrogen-bond acceptors (Lipinski definition) is 1. The van der Waals surface area contributed by atoms with E-state index in [1.165, 1.54) is 15.2 Å². The van der Waals surface area contributed by atoms with E-state index in [9.17, 15) is 4.39 Å². The quantitative estimate of drug-likeness (QED) is 0.681. The second kappa shape index (κ2) is 6.02. The number of halogens is 3. The highest BCUT2D eigenvalue weighted by Gasteiger charge is 2.04. The second-order valence-electron chi connectivity index (χ2n) is 4.06. The maximum absolute atomic E-state index is 13.3. The fourth-order valence-electron chi connectivity index (χ4n) is 1.64. The lowest BCUT2D eigenvalue weighted by molar-refractivity contribution is 0.620. The average Bonchev–Trinajstić information content (AvgIpc) is 2.34. The highest BCUT2D eigenvalue weighted by Crippen LogP contribution is 2.24. The van der Waals surface area contributed by atoms with Crippen molar-refractivity contribution < 1.29 is 4.39 Å². The van der Waals surface area contributed by atoms with Gasteiger partial charge in [-0.05, 0) is 80.8 Å². The molecule has 1 nitrogen and oxygen atoms in total. The monoisotopic (exact) mass is 419 g/mol. The van der Waals surface area contributed by atoms with Crippen LogP contribution in [0.2, 0.25) is 0 Å². The molecule has 0 saturated heterocycles. The van der Waals surface area contributed by atoms with Gasteiger partial charge >= 0.3 is 0 Å². The summed E-state index contributed by atoms with van der Waals surface area (Å²) in [5.41, 5.74) is 3.05. The van der Waals surface area contributed by atoms with Crippen LogP contribution in [-0.4, -0.2) is 0 Å². The van der Waals surface area contributed by atoms with E-state index in [-0.39, 0.29) is 5.82 Å². The minimum absolute atomic E-state index is 0.229. The van der Waals surface area contributed by atoms with Crippen LogP contribution in [-0.2, 0) is 6.54 Å². The molecular formula is C14H12BrFIN. The van der Waals surface area contributed by atoms with Gasteiger partial charge in [0, 0.05) is 15.8 Å². The Labute approximate surface area is 128 Å². The molecule has 1 N–H and O–H groups in total. The van der Waals surface area contributed by atoms with Gasteiger partial charge in [-0.2, -0.15) is 0 Å². The Morgan fingerprint density at radius 1 is 1.22 bits per heavy atom. The van der Waals surface area contributed by atoms with E-state index in [0.717, 1.165) is 17.8 Å². The number of anilines is 1. The zero-order valence-corrected chi connectivity index (χ0v) is 13.5. The standard InChI is InChI=1S/C14H12BrFIN/c1-9-6-13(16)12(15)7-14(9)18-8-10-2-4-11(17)5-3-10/h2-7,18H,8H2,1H3. The third-order valence-corrected chi connectivity index (χ3v) is 3.99. The van der Waals surface area contributed by atoms with E-state index >= 15 is 0 Å². The summed E-state index contributed by atoms with van der Waals surface area (Å²) in [7, 11) is 0. The van der Waals surface area contributed by atoms with Crippen LogP contribution in [0.15, 0.2) is 40.9 Å². The fourth-order valence-corrected chi connectivity index (χ4v) is 2.34. The first-order chi connectivity index (χ1) is 8.56. The smallest absolute Gasteiger partial charge is 0.137 e. The number of aryl methyl sites for hydroxylation is 1. The highest BCUT2D eigenvalue weighted by atomic mass is 127. The first kappa shape index (κ1) is 13.8. The Hall–Kier alpha value is -0.620. The first-order valence-corrected chi connectivity index (χ1v) is 7.37. The SMILES string of the molecule is Cc1cc(F)c(Br)cc1NCc1ccc(I)cc1. The number of rotatable bonds is 3. The molecule has 0 atom stereocenters. The normalized spacial score (nSPS) is 10.4. The molecule has 0 unspecified atom stereocenters. The molecule has 2 aromatic rings. The topological polar surface area (TPSA) is 12.0 Å². The highest BCUT2D eigenvalue weighted by molar-refractivity contribution is 14.1. The number of nitrogens with one attached hydrogen (secondary N) is 1. The number of benzene rings is 2. The molecular weight excluding hydrogens is 408 g/mol. The molecule has 0 aliphatic heterocycles. The van der Waals surface area contributed by atoms with Crippen molar-refractivity contribution in [3.8, 4) is 0 Å². The molecule has 0 spiro atoms. The van der Waals surface area contributed by atoms with Crippen LogP contribution in [0.25, 0.3) is 0 Å². The predicted molar refractivity (Wildman–Crippen MR) is 85.3 cm³/mol. The minimum atomic E-state index is -0.229. The van der Waals surface area contributed by atoms with Crippen molar-refractivity contribution in [2.45, 2.75) is 13.5 Å². The Bertz CT molecular complexity index is 554. The Kier molecular flexibility index (Phi) is 4.61. The van der Waals surface area contributed by atoms with Gasteiger partial charge in [0.15, 0.2) is 0 Å². The van der Waals surface area contributed by atoms with Crippen LogP contribution in [0.1, 0.15) is 11.1 Å². The molecule has 4 heteroatoms. The fraction of sp³-hybridized carbons (Fsp3) is 0.143. The lowest BCUT2D eigenvalue weighted by Crippen LogP contribution is -2.01. The van der Waals surface area contributed by atoms with E-state index < -0.39 is 0 Å². The summed E-state index contributed by atoms with van der Waals surface area (Å²) in [6.07, 6.45) is 0. The number of hydrogen-bond donors (Lipinski definition) is 1. The molecule has 0 bridgehead atoms. The zero-order chi connectivity index (χ0) is 13.1. The Morgan fingerprint density at radius 2 is 1.89 bits per heavy atom. The van der Waals surface area contributed by atoms with Crippen molar-refractivity contribution in [3.05, 3.63) is 61.4 Å². The third-order valence-electron chi connectivity index (χ3n) is 2.66. The second-order valence-corrected chi connectivity index (χ2v) is 6.16. The maximum Gasteiger partial charge on any atom is 0.137 e. The van der Waals surface area contributed by atoms with Crippen LogP contribution in [0, 0.1) is 16.3 Å². The van der Waals surface area contributed by atoms with Gasteiger partial charge in [0.2, 0.25) is 0 Å². The summed E-state index contributed by atoms with van der Waals surface area (Å²) in [6, 6.07) is 11.6. The van der Waals surface area contributed by atoms with Crippen molar-refractivity contribution in [1.82, 2.24) is 0 Å². The first-order valence-electron chi connectivity index (χ1n) is 5.50. The summed E-state index contributed by atoms with van der Waals surface area (Å²) in [6.45, 7) is 2.63. The van der Waals surface area contributed by atoms with Gasteiger partial charge in [0.25, 0.3) is 0 Å². The molecule has 0 radical (unpaired) electrons. The molecule has 0 fully saturated rings. The minimum Gasteiger partial charge on any atom is -0.381 e. The molecule has 0 aromatic heterocycles. The lowest BCUT2D eigenvalue weighted by atomic mass is 10.1. The van der Waals surface area contributed by atoms with Crippen molar-refractivity contribution in [2.75, 3.05) is 5.32 Å². The van der Waals surface area contributed by atoms with Gasteiger partial charge in [0.05, 0.1) is 4.47 Å². The van der Waals surface area contributed by atoms with E-state index in [1.807, 2.05) is 6.92 Å². The Balaban J connectivity index is 2.10. The third kappa shape index (κ3) is 3.45. The van der Waals surface area contributed by atoms with E-state index in [1.54, 1.807) is 6.07 Å². The Morgan fingerprint density at radius 3 is 2.56 bits per heavy atom. The largest absolute Gasteiger partial charge is 0.381 e. The van der Waals surface area contributed by atoms with E-state index in [4.69, 9.17) is 0 Å². The van der Waals surface area contributed by atoms with E-state index in [2.05, 4.69) is 68.1 Å². The van der Waals surface area contributed by atoms with Crippen LogP contribution < -0.4 is 5.32 Å². The predicted octanol–water partition coefficient (Wildman–Crippen LogP) is 5.11. The molecule has 0 amide bonds. The molecule has 0 aliphatic carbocycles. The molecule has 0 heterocycles. The van der Waals surface area contributed by atoms with Gasteiger partial charge in [-0.25, -0.2) is 4.39 Å².